The van der Waals surface area contributed by atoms with E-state index in [9.17, 15) is 14.4 Å². The molecule has 0 heterocycles. The summed E-state index contributed by atoms with van der Waals surface area (Å²) in [6, 6.07) is 0. The quantitative estimate of drug-likeness (QED) is 0.0261. The Morgan fingerprint density at radius 2 is 0.462 bits per heavy atom. The summed E-state index contributed by atoms with van der Waals surface area (Å²) in [6.45, 7) is 6.67. The molecule has 0 aliphatic rings. The molecule has 6 nitrogen and oxygen atoms in total. The first-order chi connectivity index (χ1) is 38.5. The van der Waals surface area contributed by atoms with Crippen molar-refractivity contribution in [1.82, 2.24) is 0 Å². The van der Waals surface area contributed by atoms with Gasteiger partial charge in [0.05, 0.1) is 0 Å². The van der Waals surface area contributed by atoms with E-state index >= 15 is 0 Å². The van der Waals surface area contributed by atoms with Crippen LogP contribution < -0.4 is 0 Å². The summed E-state index contributed by atoms with van der Waals surface area (Å²) < 4.78 is 17.0. The second-order valence-electron chi connectivity index (χ2n) is 23.4. The fourth-order valence-electron chi connectivity index (χ4n) is 10.3. The third-order valence-corrected chi connectivity index (χ3v) is 15.6. The lowest BCUT2D eigenvalue weighted by atomic mass is 10.0. The maximum Gasteiger partial charge on any atom is 0.306 e. The molecule has 0 fully saturated rings. The molecular weight excluding hydrogens is 961 g/mol. The normalized spacial score (nSPS) is 12.3. The van der Waals surface area contributed by atoms with Crippen molar-refractivity contribution >= 4 is 17.9 Å². The van der Waals surface area contributed by atoms with E-state index in [1.807, 2.05) is 0 Å². The number of hydrogen-bond donors (Lipinski definition) is 0. The van der Waals surface area contributed by atoms with Crippen LogP contribution in [0.15, 0.2) is 48.6 Å². The van der Waals surface area contributed by atoms with Crippen LogP contribution in [0.3, 0.4) is 0 Å². The maximum absolute atomic E-state index is 12.9. The molecule has 1 unspecified atom stereocenters. The zero-order valence-electron chi connectivity index (χ0n) is 52.5. The first-order valence-electron chi connectivity index (χ1n) is 34.6. The second kappa shape index (κ2) is 66.9. The molecule has 0 aliphatic heterocycles. The molecule has 0 amide bonds. The topological polar surface area (TPSA) is 78.9 Å². The molecule has 6 heteroatoms. The fraction of sp³-hybridized carbons (Fsp3) is 0.847. The number of rotatable bonds is 64. The van der Waals surface area contributed by atoms with Gasteiger partial charge in [-0.2, -0.15) is 0 Å². The van der Waals surface area contributed by atoms with E-state index < -0.39 is 6.10 Å². The van der Waals surface area contributed by atoms with E-state index in [1.165, 1.54) is 257 Å². The maximum atomic E-state index is 12.9. The molecule has 0 aromatic carbocycles. The van der Waals surface area contributed by atoms with Crippen molar-refractivity contribution in [2.45, 2.75) is 380 Å². The minimum Gasteiger partial charge on any atom is -0.462 e. The minimum atomic E-state index is -0.780. The molecular formula is C72H132O6. The number of esters is 3. The van der Waals surface area contributed by atoms with Crippen molar-refractivity contribution in [1.29, 1.82) is 0 Å². The molecule has 1 atom stereocenters. The Balaban J connectivity index is 4.34. The van der Waals surface area contributed by atoms with Gasteiger partial charge in [-0.3, -0.25) is 14.4 Å². The van der Waals surface area contributed by atoms with Gasteiger partial charge in [-0.1, -0.05) is 320 Å². The zero-order valence-corrected chi connectivity index (χ0v) is 52.5. The van der Waals surface area contributed by atoms with Crippen molar-refractivity contribution in [2.75, 3.05) is 13.2 Å². The van der Waals surface area contributed by atoms with Gasteiger partial charge in [0.25, 0.3) is 0 Å². The number of allylic oxidation sites excluding steroid dienone is 8. The van der Waals surface area contributed by atoms with E-state index in [1.54, 1.807) is 0 Å². The Bertz CT molecular complexity index is 1350. The molecule has 0 bridgehead atoms. The third kappa shape index (κ3) is 64.2. The Hall–Kier alpha value is -2.63. The first-order valence-corrected chi connectivity index (χ1v) is 34.6. The van der Waals surface area contributed by atoms with Gasteiger partial charge in [-0.15, -0.1) is 0 Å². The van der Waals surface area contributed by atoms with E-state index in [0.717, 1.165) is 77.0 Å². The highest BCUT2D eigenvalue weighted by atomic mass is 16.6. The van der Waals surface area contributed by atoms with Crippen LogP contribution in [0, 0.1) is 0 Å². The number of unbranched alkanes of at least 4 members (excludes halogenated alkanes) is 45. The van der Waals surface area contributed by atoms with Gasteiger partial charge in [0.1, 0.15) is 13.2 Å². The zero-order chi connectivity index (χ0) is 56.4. The van der Waals surface area contributed by atoms with Crippen LogP contribution in [0.1, 0.15) is 374 Å². The predicted molar refractivity (Wildman–Crippen MR) is 339 cm³/mol. The van der Waals surface area contributed by atoms with Crippen LogP contribution in [0.5, 0.6) is 0 Å². The summed E-state index contributed by atoms with van der Waals surface area (Å²) >= 11 is 0. The summed E-state index contributed by atoms with van der Waals surface area (Å²) in [7, 11) is 0. The summed E-state index contributed by atoms with van der Waals surface area (Å²) in [4.78, 5) is 38.4. The van der Waals surface area contributed by atoms with Gasteiger partial charge in [0.2, 0.25) is 0 Å². The first kappa shape index (κ1) is 75.4. The summed E-state index contributed by atoms with van der Waals surface area (Å²) in [5.74, 6) is -0.862. The molecule has 456 valence electrons. The number of carbonyl (C=O) groups is 3. The lowest BCUT2D eigenvalue weighted by molar-refractivity contribution is -0.167. The highest BCUT2D eigenvalue weighted by molar-refractivity contribution is 5.71. The SMILES string of the molecule is CCCCC/C=C\C/C=C\C/C=C\CCCCCCCCC(=O)OC(COC(=O)CCCCCCCCCCCCC/C=C\CCCCCCCCCC)COC(=O)CCCCCCCCCCCCCCCCCCCC. The van der Waals surface area contributed by atoms with E-state index in [2.05, 4.69) is 69.4 Å². The van der Waals surface area contributed by atoms with E-state index in [-0.39, 0.29) is 31.1 Å². The lowest BCUT2D eigenvalue weighted by Crippen LogP contribution is -2.30. The van der Waals surface area contributed by atoms with Gasteiger partial charge < -0.3 is 14.2 Å². The van der Waals surface area contributed by atoms with Crippen molar-refractivity contribution < 1.29 is 28.6 Å². The highest BCUT2D eigenvalue weighted by Crippen LogP contribution is 2.18. The average molecular weight is 1090 g/mol. The van der Waals surface area contributed by atoms with E-state index in [0.29, 0.717) is 19.3 Å². The minimum absolute atomic E-state index is 0.0744. The van der Waals surface area contributed by atoms with Crippen LogP contribution >= 0.6 is 0 Å². The molecule has 0 aromatic heterocycles. The fourth-order valence-corrected chi connectivity index (χ4v) is 10.3. The molecule has 0 spiro atoms. The molecule has 78 heavy (non-hydrogen) atoms. The van der Waals surface area contributed by atoms with Crippen LogP contribution in [-0.4, -0.2) is 37.2 Å². The smallest absolute Gasteiger partial charge is 0.306 e. The lowest BCUT2D eigenvalue weighted by Gasteiger charge is -2.18. The monoisotopic (exact) mass is 1090 g/mol. The Kier molecular flexibility index (Phi) is 64.6. The molecule has 0 rings (SSSR count). The van der Waals surface area contributed by atoms with Crippen LogP contribution in [0.2, 0.25) is 0 Å². The Morgan fingerprint density at radius 3 is 0.756 bits per heavy atom. The summed E-state index contributed by atoms with van der Waals surface area (Å²) in [5, 5.41) is 0. The second-order valence-corrected chi connectivity index (χ2v) is 23.4. The Labute approximate surface area is 486 Å². The largest absolute Gasteiger partial charge is 0.462 e. The van der Waals surface area contributed by atoms with Crippen LogP contribution in [-0.2, 0) is 28.6 Å². The van der Waals surface area contributed by atoms with Gasteiger partial charge >= 0.3 is 17.9 Å². The molecule has 0 aromatic rings. The van der Waals surface area contributed by atoms with Crippen LogP contribution in [0.25, 0.3) is 0 Å². The summed E-state index contributed by atoms with van der Waals surface area (Å²) in [6.07, 6.45) is 84.1. The van der Waals surface area contributed by atoms with Crippen molar-refractivity contribution in [3.63, 3.8) is 0 Å². The van der Waals surface area contributed by atoms with Gasteiger partial charge in [-0.25, -0.2) is 0 Å². The molecule has 0 aliphatic carbocycles. The van der Waals surface area contributed by atoms with Gasteiger partial charge in [0.15, 0.2) is 6.10 Å². The van der Waals surface area contributed by atoms with E-state index in [4.69, 9.17) is 14.2 Å². The molecule has 0 radical (unpaired) electrons. The third-order valence-electron chi connectivity index (χ3n) is 15.6. The van der Waals surface area contributed by atoms with Crippen molar-refractivity contribution in [3.8, 4) is 0 Å². The number of ether oxygens (including phenoxy) is 3. The average Bonchev–Trinajstić information content (AvgIpc) is 3.44. The number of carbonyl (C=O) groups excluding carboxylic acids is 3. The van der Waals surface area contributed by atoms with Crippen molar-refractivity contribution in [2.24, 2.45) is 0 Å². The molecule has 0 N–H and O–H groups in total. The highest BCUT2D eigenvalue weighted by Gasteiger charge is 2.19. The van der Waals surface area contributed by atoms with Gasteiger partial charge in [-0.05, 0) is 83.5 Å². The predicted octanol–water partition coefficient (Wildman–Crippen LogP) is 23.7. The van der Waals surface area contributed by atoms with Gasteiger partial charge in [0, 0.05) is 19.3 Å². The summed E-state index contributed by atoms with van der Waals surface area (Å²) in [5.41, 5.74) is 0. The number of hydrogen-bond acceptors (Lipinski definition) is 6. The standard InChI is InChI=1S/C72H132O6/c1-4-7-10-13-16-19-22-25-28-31-34-35-36-37-39-41-44-47-50-53-56-59-62-65-71(74)77-68-69(67-76-70(73)64-61-58-55-52-49-46-43-40-33-30-27-24-21-18-15-12-9-6-3)78-72(75)66-63-60-57-54-51-48-45-42-38-32-29-26-23-20-17-14-11-8-5-2/h17,20,26,29,31,34,38,42,69H,4-16,18-19,21-25,27-28,30,32-33,35-37,39-41,43-68H2,1-3H3/b20-17-,29-26-,34-31-,42-38-. The Morgan fingerprint density at radius 1 is 0.256 bits per heavy atom. The molecule has 0 saturated heterocycles. The van der Waals surface area contributed by atoms with Crippen LogP contribution in [0.4, 0.5) is 0 Å². The molecule has 0 saturated carbocycles. The van der Waals surface area contributed by atoms with Crippen molar-refractivity contribution in [3.05, 3.63) is 48.6 Å².